The lowest BCUT2D eigenvalue weighted by atomic mass is 10.1. The van der Waals surface area contributed by atoms with Crippen molar-refractivity contribution in [2.75, 3.05) is 7.05 Å². The first-order valence-corrected chi connectivity index (χ1v) is 7.36. The highest BCUT2D eigenvalue weighted by atomic mass is 79.9. The molecular formula is C12H16BrN3S. The molecule has 1 unspecified atom stereocenters. The van der Waals surface area contributed by atoms with Gasteiger partial charge in [-0.25, -0.2) is 0 Å². The molecular weight excluding hydrogens is 298 g/mol. The lowest BCUT2D eigenvalue weighted by Crippen LogP contribution is -2.21. The molecule has 2 rings (SSSR count). The van der Waals surface area contributed by atoms with Gasteiger partial charge in [-0.2, -0.15) is 5.10 Å². The third-order valence-electron chi connectivity index (χ3n) is 2.69. The summed E-state index contributed by atoms with van der Waals surface area (Å²) in [5, 5.41) is 9.91. The minimum atomic E-state index is 0.214. The molecule has 0 aliphatic heterocycles. The maximum Gasteiger partial charge on any atom is 0.0754 e. The second-order valence-corrected chi connectivity index (χ2v) is 6.18. The first-order valence-electron chi connectivity index (χ1n) is 5.69. The van der Waals surface area contributed by atoms with E-state index >= 15 is 0 Å². The van der Waals surface area contributed by atoms with Gasteiger partial charge in [0, 0.05) is 12.7 Å². The number of rotatable bonds is 5. The summed E-state index contributed by atoms with van der Waals surface area (Å²) >= 11 is 5.22. The van der Waals surface area contributed by atoms with Crippen LogP contribution in [0.15, 0.2) is 27.5 Å². The van der Waals surface area contributed by atoms with E-state index in [-0.39, 0.29) is 6.04 Å². The Hall–Kier alpha value is -0.650. The van der Waals surface area contributed by atoms with E-state index < -0.39 is 0 Å². The number of nitrogens with zero attached hydrogens (tertiary/aromatic N) is 2. The van der Waals surface area contributed by atoms with Crippen LogP contribution in [0.5, 0.6) is 0 Å². The van der Waals surface area contributed by atoms with E-state index in [2.05, 4.69) is 55.5 Å². The van der Waals surface area contributed by atoms with Crippen molar-refractivity contribution in [2.45, 2.75) is 25.9 Å². The maximum absolute atomic E-state index is 4.38. The summed E-state index contributed by atoms with van der Waals surface area (Å²) in [7, 11) is 1.99. The van der Waals surface area contributed by atoms with Gasteiger partial charge in [-0.15, -0.1) is 11.3 Å². The van der Waals surface area contributed by atoms with Crippen LogP contribution in [0.1, 0.15) is 30.6 Å². The molecule has 0 spiro atoms. The Kier molecular flexibility index (Phi) is 4.36. The fourth-order valence-electron chi connectivity index (χ4n) is 1.95. The SMILES string of the molecule is CCCn1nccc1C(NC)c1csc(Br)c1. The third-order valence-corrected chi connectivity index (χ3v) is 4.21. The van der Waals surface area contributed by atoms with Crippen molar-refractivity contribution < 1.29 is 0 Å². The predicted molar refractivity (Wildman–Crippen MR) is 75.4 cm³/mol. The average Bonchev–Trinajstić information content (AvgIpc) is 2.91. The Morgan fingerprint density at radius 1 is 1.59 bits per heavy atom. The second-order valence-electron chi connectivity index (χ2n) is 3.89. The van der Waals surface area contributed by atoms with Crippen molar-refractivity contribution in [1.29, 1.82) is 0 Å². The molecule has 1 atom stereocenters. The van der Waals surface area contributed by atoms with E-state index in [0.717, 1.165) is 16.8 Å². The lowest BCUT2D eigenvalue weighted by molar-refractivity contribution is 0.535. The molecule has 2 aromatic heterocycles. The highest BCUT2D eigenvalue weighted by molar-refractivity contribution is 9.11. The van der Waals surface area contributed by atoms with Crippen LogP contribution >= 0.6 is 27.3 Å². The van der Waals surface area contributed by atoms with E-state index in [1.165, 1.54) is 11.3 Å². The number of aromatic nitrogens is 2. The zero-order valence-electron chi connectivity index (χ0n) is 9.98. The van der Waals surface area contributed by atoms with Gasteiger partial charge < -0.3 is 5.32 Å². The van der Waals surface area contributed by atoms with Gasteiger partial charge in [-0.3, -0.25) is 4.68 Å². The highest BCUT2D eigenvalue weighted by Gasteiger charge is 2.17. The van der Waals surface area contributed by atoms with Gasteiger partial charge in [0.1, 0.15) is 0 Å². The molecule has 0 bridgehead atoms. The summed E-state index contributed by atoms with van der Waals surface area (Å²) in [6.07, 6.45) is 2.97. The third kappa shape index (κ3) is 2.78. The van der Waals surface area contributed by atoms with Crippen LogP contribution < -0.4 is 5.32 Å². The average molecular weight is 314 g/mol. The standard InChI is InChI=1S/C12H16BrN3S/c1-3-6-16-10(4-5-15-16)12(14-2)9-7-11(13)17-8-9/h4-5,7-8,12,14H,3,6H2,1-2H3. The minimum absolute atomic E-state index is 0.214. The van der Waals surface area contributed by atoms with Crippen LogP contribution in [0.25, 0.3) is 0 Å². The molecule has 0 aliphatic carbocycles. The van der Waals surface area contributed by atoms with Crippen molar-refractivity contribution in [2.24, 2.45) is 0 Å². The molecule has 0 saturated heterocycles. The Labute approximate surface area is 114 Å². The van der Waals surface area contributed by atoms with Crippen molar-refractivity contribution >= 4 is 27.3 Å². The second kappa shape index (κ2) is 5.80. The monoisotopic (exact) mass is 313 g/mol. The zero-order valence-corrected chi connectivity index (χ0v) is 12.4. The molecule has 5 heteroatoms. The predicted octanol–water partition coefficient (Wildman–Crippen LogP) is 3.43. The van der Waals surface area contributed by atoms with E-state index in [1.54, 1.807) is 11.3 Å². The van der Waals surface area contributed by atoms with Crippen molar-refractivity contribution in [3.05, 3.63) is 38.8 Å². The van der Waals surface area contributed by atoms with Crippen molar-refractivity contribution in [3.8, 4) is 0 Å². The first-order chi connectivity index (χ1) is 8.26. The molecule has 2 heterocycles. The smallest absolute Gasteiger partial charge is 0.0754 e. The highest BCUT2D eigenvalue weighted by Crippen LogP contribution is 2.29. The largest absolute Gasteiger partial charge is 0.308 e. The van der Waals surface area contributed by atoms with Gasteiger partial charge in [0.05, 0.1) is 15.5 Å². The van der Waals surface area contributed by atoms with Gasteiger partial charge in [-0.05, 0) is 52.5 Å². The summed E-state index contributed by atoms with van der Waals surface area (Å²) in [6, 6.07) is 4.46. The lowest BCUT2D eigenvalue weighted by Gasteiger charge is -2.16. The van der Waals surface area contributed by atoms with Gasteiger partial charge in [-0.1, -0.05) is 6.92 Å². The van der Waals surface area contributed by atoms with E-state index in [4.69, 9.17) is 0 Å². The van der Waals surface area contributed by atoms with Crippen LogP contribution in [0.2, 0.25) is 0 Å². The van der Waals surface area contributed by atoms with Crippen LogP contribution in [0, 0.1) is 0 Å². The van der Waals surface area contributed by atoms with Crippen LogP contribution in [-0.2, 0) is 6.54 Å². The zero-order chi connectivity index (χ0) is 12.3. The van der Waals surface area contributed by atoms with Gasteiger partial charge in [0.15, 0.2) is 0 Å². The van der Waals surface area contributed by atoms with Crippen LogP contribution in [-0.4, -0.2) is 16.8 Å². The normalized spacial score (nSPS) is 12.9. The molecule has 92 valence electrons. The van der Waals surface area contributed by atoms with Crippen LogP contribution in [0.3, 0.4) is 0 Å². The molecule has 0 amide bonds. The molecule has 0 aromatic carbocycles. The molecule has 17 heavy (non-hydrogen) atoms. The Morgan fingerprint density at radius 2 is 2.41 bits per heavy atom. The number of hydrogen-bond acceptors (Lipinski definition) is 3. The summed E-state index contributed by atoms with van der Waals surface area (Å²) in [4.78, 5) is 0. The van der Waals surface area contributed by atoms with E-state index in [0.29, 0.717) is 0 Å². The number of hydrogen-bond donors (Lipinski definition) is 1. The van der Waals surface area contributed by atoms with Crippen LogP contribution in [0.4, 0.5) is 0 Å². The summed E-state index contributed by atoms with van der Waals surface area (Å²) in [6.45, 7) is 3.13. The molecule has 0 saturated carbocycles. The summed E-state index contributed by atoms with van der Waals surface area (Å²) in [5.74, 6) is 0. The Balaban J connectivity index is 2.31. The quantitative estimate of drug-likeness (QED) is 0.916. The van der Waals surface area contributed by atoms with E-state index in [1.807, 2.05) is 13.2 Å². The molecule has 2 aromatic rings. The number of thiophene rings is 1. The summed E-state index contributed by atoms with van der Waals surface area (Å²) in [5.41, 5.74) is 2.50. The first kappa shape index (κ1) is 12.8. The maximum atomic E-state index is 4.38. The van der Waals surface area contributed by atoms with Crippen molar-refractivity contribution in [1.82, 2.24) is 15.1 Å². The minimum Gasteiger partial charge on any atom is -0.308 e. The molecule has 0 aliphatic rings. The summed E-state index contributed by atoms with van der Waals surface area (Å²) < 4.78 is 3.24. The van der Waals surface area contributed by atoms with Crippen molar-refractivity contribution in [3.63, 3.8) is 0 Å². The molecule has 1 N–H and O–H groups in total. The van der Waals surface area contributed by atoms with Gasteiger partial charge in [0.2, 0.25) is 0 Å². The topological polar surface area (TPSA) is 29.9 Å². The number of aryl methyl sites for hydroxylation is 1. The number of halogens is 1. The van der Waals surface area contributed by atoms with E-state index in [9.17, 15) is 0 Å². The Morgan fingerprint density at radius 3 is 3.00 bits per heavy atom. The molecule has 0 radical (unpaired) electrons. The molecule has 0 fully saturated rings. The fraction of sp³-hybridized carbons (Fsp3) is 0.417. The Bertz CT molecular complexity index is 478. The molecule has 3 nitrogen and oxygen atoms in total. The van der Waals surface area contributed by atoms with Gasteiger partial charge in [0.25, 0.3) is 0 Å². The fourth-order valence-corrected chi connectivity index (χ4v) is 3.15. The van der Waals surface area contributed by atoms with Gasteiger partial charge >= 0.3 is 0 Å². The number of nitrogens with one attached hydrogen (secondary N) is 1.